The van der Waals surface area contributed by atoms with Gasteiger partial charge < -0.3 is 10.2 Å². The molecule has 2 amide bonds. The van der Waals surface area contributed by atoms with Gasteiger partial charge in [0.25, 0.3) is 10.0 Å². The van der Waals surface area contributed by atoms with Crippen LogP contribution in [0.2, 0.25) is 0 Å². The molecule has 4 aromatic rings. The number of sulfonamides is 1. The van der Waals surface area contributed by atoms with E-state index in [-0.39, 0.29) is 29.8 Å². The van der Waals surface area contributed by atoms with Gasteiger partial charge in [0.05, 0.1) is 10.6 Å². The number of rotatable bonds is 12. The van der Waals surface area contributed by atoms with Crippen LogP contribution in [-0.4, -0.2) is 43.8 Å². The summed E-state index contributed by atoms with van der Waals surface area (Å²) in [5.74, 6) is -0.698. The number of anilines is 1. The van der Waals surface area contributed by atoms with Crippen molar-refractivity contribution < 1.29 is 18.0 Å². The van der Waals surface area contributed by atoms with Crippen molar-refractivity contribution in [3.8, 4) is 0 Å². The average molecular weight is 717 g/mol. The van der Waals surface area contributed by atoms with Gasteiger partial charge in [-0.3, -0.25) is 13.9 Å². The van der Waals surface area contributed by atoms with Crippen molar-refractivity contribution in [2.24, 2.45) is 0 Å². The molecular formula is C38H42BrN3O4S. The largest absolute Gasteiger partial charge is 0.352 e. The molecule has 1 N–H and O–H groups in total. The monoisotopic (exact) mass is 715 g/mol. The number of hydrogen-bond acceptors (Lipinski definition) is 4. The summed E-state index contributed by atoms with van der Waals surface area (Å²) in [7, 11) is -4.16. The maximum Gasteiger partial charge on any atom is 0.264 e. The number of aryl methyl sites for hydroxylation is 3. The fourth-order valence-electron chi connectivity index (χ4n) is 6.17. The highest BCUT2D eigenvalue weighted by Crippen LogP contribution is 2.28. The number of hydrogen-bond donors (Lipinski definition) is 1. The highest BCUT2D eigenvalue weighted by Gasteiger charge is 2.35. The Morgan fingerprint density at radius 3 is 2.04 bits per heavy atom. The number of benzene rings is 4. The normalized spacial score (nSPS) is 14.0. The van der Waals surface area contributed by atoms with Gasteiger partial charge in [0.2, 0.25) is 11.8 Å². The van der Waals surface area contributed by atoms with Crippen LogP contribution in [0.4, 0.5) is 5.69 Å². The molecule has 7 nitrogen and oxygen atoms in total. The number of nitrogens with zero attached hydrogens (tertiary/aromatic N) is 2. The van der Waals surface area contributed by atoms with Crippen molar-refractivity contribution in [2.75, 3.05) is 10.8 Å². The molecule has 0 heterocycles. The van der Waals surface area contributed by atoms with Crippen molar-refractivity contribution in [2.45, 2.75) is 76.4 Å². The van der Waals surface area contributed by atoms with E-state index in [9.17, 15) is 18.0 Å². The molecule has 1 atom stereocenters. The zero-order valence-corrected chi connectivity index (χ0v) is 29.6. The third-order valence-electron chi connectivity index (χ3n) is 8.62. The van der Waals surface area contributed by atoms with Crippen molar-refractivity contribution in [3.63, 3.8) is 0 Å². The van der Waals surface area contributed by atoms with Gasteiger partial charge in [0.15, 0.2) is 0 Å². The molecule has 5 rings (SSSR count). The van der Waals surface area contributed by atoms with Gasteiger partial charge in [-0.25, -0.2) is 8.42 Å². The van der Waals surface area contributed by atoms with Crippen LogP contribution in [0.3, 0.4) is 0 Å². The van der Waals surface area contributed by atoms with Crippen molar-refractivity contribution in [1.82, 2.24) is 10.2 Å². The van der Waals surface area contributed by atoms with Crippen LogP contribution in [0.15, 0.2) is 106 Å². The Kier molecular flexibility index (Phi) is 11.2. The number of halogens is 1. The Morgan fingerprint density at radius 2 is 1.43 bits per heavy atom. The predicted octanol–water partition coefficient (Wildman–Crippen LogP) is 7.27. The first-order chi connectivity index (χ1) is 22.5. The molecule has 0 spiro atoms. The Labute approximate surface area is 287 Å². The second kappa shape index (κ2) is 15.3. The molecular weight excluding hydrogens is 674 g/mol. The van der Waals surface area contributed by atoms with Crippen LogP contribution >= 0.6 is 15.9 Å². The van der Waals surface area contributed by atoms with E-state index < -0.39 is 28.5 Å². The summed E-state index contributed by atoms with van der Waals surface area (Å²) in [5, 5.41) is 3.22. The van der Waals surface area contributed by atoms with E-state index >= 15 is 0 Å². The Bertz CT molecular complexity index is 1770. The van der Waals surface area contributed by atoms with E-state index in [1.54, 1.807) is 41.3 Å². The second-order valence-electron chi connectivity index (χ2n) is 12.5. The van der Waals surface area contributed by atoms with Crippen molar-refractivity contribution in [1.29, 1.82) is 0 Å². The fourth-order valence-corrected chi connectivity index (χ4v) is 7.83. The van der Waals surface area contributed by atoms with Crippen molar-refractivity contribution >= 4 is 43.5 Å². The van der Waals surface area contributed by atoms with Crippen LogP contribution < -0.4 is 9.62 Å². The maximum absolute atomic E-state index is 14.7. The lowest BCUT2D eigenvalue weighted by Gasteiger charge is -2.34. The lowest BCUT2D eigenvalue weighted by molar-refractivity contribution is -0.140. The van der Waals surface area contributed by atoms with E-state index in [1.807, 2.05) is 81.4 Å². The van der Waals surface area contributed by atoms with Crippen LogP contribution in [0.1, 0.15) is 53.5 Å². The first-order valence-electron chi connectivity index (χ1n) is 16.1. The highest BCUT2D eigenvalue weighted by molar-refractivity contribution is 9.10. The van der Waals surface area contributed by atoms with E-state index in [0.29, 0.717) is 5.69 Å². The first kappa shape index (κ1) is 34.4. The minimum Gasteiger partial charge on any atom is -0.352 e. The summed E-state index contributed by atoms with van der Waals surface area (Å²) in [5.41, 5.74) is 4.81. The highest BCUT2D eigenvalue weighted by atomic mass is 79.9. The molecule has 1 saturated carbocycles. The molecule has 246 valence electrons. The van der Waals surface area contributed by atoms with Gasteiger partial charge in [-0.2, -0.15) is 0 Å². The number of nitrogens with one attached hydrogen (secondary N) is 1. The molecule has 0 bridgehead atoms. The summed E-state index contributed by atoms with van der Waals surface area (Å²) >= 11 is 3.49. The summed E-state index contributed by atoms with van der Waals surface area (Å²) in [4.78, 5) is 30.5. The molecule has 0 aliphatic heterocycles. The lowest BCUT2D eigenvalue weighted by atomic mass is 10.0. The lowest BCUT2D eigenvalue weighted by Crippen LogP contribution is -2.54. The van der Waals surface area contributed by atoms with E-state index in [4.69, 9.17) is 0 Å². The fraction of sp³-hybridized carbons (Fsp3) is 0.316. The Morgan fingerprint density at radius 1 is 0.809 bits per heavy atom. The van der Waals surface area contributed by atoms with E-state index in [1.165, 1.54) is 4.31 Å². The first-order valence-corrected chi connectivity index (χ1v) is 18.3. The second-order valence-corrected chi connectivity index (χ2v) is 15.3. The average Bonchev–Trinajstić information content (AvgIpc) is 3.55. The van der Waals surface area contributed by atoms with Gasteiger partial charge in [0, 0.05) is 23.5 Å². The van der Waals surface area contributed by atoms with Gasteiger partial charge in [-0.15, -0.1) is 0 Å². The number of amides is 2. The molecule has 4 aromatic carbocycles. The Balaban J connectivity index is 1.58. The van der Waals surface area contributed by atoms with E-state index in [2.05, 4.69) is 21.2 Å². The summed E-state index contributed by atoms with van der Waals surface area (Å²) in [6.07, 6.45) is 4.20. The molecule has 1 fully saturated rings. The minimum atomic E-state index is -4.16. The van der Waals surface area contributed by atoms with Crippen LogP contribution in [-0.2, 0) is 32.6 Å². The van der Waals surface area contributed by atoms with Crippen LogP contribution in [0.25, 0.3) is 0 Å². The van der Waals surface area contributed by atoms with Gasteiger partial charge in [-0.1, -0.05) is 95.0 Å². The van der Waals surface area contributed by atoms with Gasteiger partial charge >= 0.3 is 0 Å². The zero-order chi connectivity index (χ0) is 33.6. The zero-order valence-electron chi connectivity index (χ0n) is 27.2. The standard InChI is InChI=1S/C38H42BrN3O4S/c1-27-13-19-35(20-14-27)47(45,46)42(34-22-28(2)21-29(3)23-34)26-37(43)41(25-31-15-17-32(39)18-16-31)36(24-30-9-5-4-6-10-30)38(44)40-33-11-7-8-12-33/h4-6,9-10,13-23,33,36H,7-8,11-12,24-26H2,1-3H3,(H,40,44)/t36-/m0/s1. The summed E-state index contributed by atoms with van der Waals surface area (Å²) < 4.78 is 30.7. The SMILES string of the molecule is Cc1ccc(S(=O)(=O)N(CC(=O)N(Cc2ccc(Br)cc2)[C@@H](Cc2ccccc2)C(=O)NC2CCCC2)c2cc(C)cc(C)c2)cc1. The van der Waals surface area contributed by atoms with E-state index in [0.717, 1.165) is 58.0 Å². The summed E-state index contributed by atoms with van der Waals surface area (Å²) in [6.45, 7) is 5.35. The Hall–Kier alpha value is -3.95. The third kappa shape index (κ3) is 8.90. The molecule has 0 unspecified atom stereocenters. The topological polar surface area (TPSA) is 86.8 Å². The minimum absolute atomic E-state index is 0.0547. The van der Waals surface area contributed by atoms with Crippen LogP contribution in [0.5, 0.6) is 0 Å². The number of carbonyl (C=O) groups excluding carboxylic acids is 2. The smallest absolute Gasteiger partial charge is 0.264 e. The molecule has 1 aliphatic rings. The van der Waals surface area contributed by atoms with Crippen LogP contribution in [0, 0.1) is 20.8 Å². The molecule has 1 aliphatic carbocycles. The van der Waals surface area contributed by atoms with Gasteiger partial charge in [-0.05, 0) is 92.3 Å². The maximum atomic E-state index is 14.7. The predicted molar refractivity (Wildman–Crippen MR) is 191 cm³/mol. The third-order valence-corrected chi connectivity index (χ3v) is 10.9. The molecule has 0 radical (unpaired) electrons. The molecule has 47 heavy (non-hydrogen) atoms. The summed E-state index contributed by atoms with van der Waals surface area (Å²) in [6, 6.07) is 28.6. The van der Waals surface area contributed by atoms with Gasteiger partial charge in [0.1, 0.15) is 12.6 Å². The van der Waals surface area contributed by atoms with Crippen molar-refractivity contribution in [3.05, 3.63) is 129 Å². The molecule has 9 heteroatoms. The molecule has 0 saturated heterocycles. The quantitative estimate of drug-likeness (QED) is 0.167. The molecule has 0 aromatic heterocycles. The number of carbonyl (C=O) groups is 2.